The first-order valence-corrected chi connectivity index (χ1v) is 7.48. The Bertz CT molecular complexity index is 984. The van der Waals surface area contributed by atoms with Crippen LogP contribution in [0.4, 0.5) is 0 Å². The Kier molecular flexibility index (Phi) is 2.56. The van der Waals surface area contributed by atoms with Crippen LogP contribution in [-0.2, 0) is 0 Å². The van der Waals surface area contributed by atoms with E-state index in [2.05, 4.69) is 18.2 Å². The fourth-order valence-corrected chi connectivity index (χ4v) is 4.09. The maximum absolute atomic E-state index is 11.7. The number of halogens is 1. The van der Waals surface area contributed by atoms with Crippen molar-refractivity contribution in [1.29, 1.82) is 0 Å². The van der Waals surface area contributed by atoms with Crippen LogP contribution in [0.2, 0.25) is 0 Å². The van der Waals surface area contributed by atoms with Crippen molar-refractivity contribution in [2.24, 2.45) is 0 Å². The van der Waals surface area contributed by atoms with Gasteiger partial charge in [-0.3, -0.25) is 4.79 Å². The van der Waals surface area contributed by atoms with E-state index in [1.54, 1.807) is 11.3 Å². The molecule has 3 heteroatoms. The molecule has 0 aliphatic carbocycles. The normalized spacial score (nSPS) is 11.4. The minimum Gasteiger partial charge on any atom is -0.276 e. The van der Waals surface area contributed by atoms with E-state index in [-0.39, 0.29) is 0 Å². The molecule has 96 valence electrons. The number of hydrogen-bond acceptors (Lipinski definition) is 2. The van der Waals surface area contributed by atoms with Crippen molar-refractivity contribution in [3.8, 4) is 0 Å². The van der Waals surface area contributed by atoms with Crippen LogP contribution in [0.3, 0.4) is 0 Å². The Labute approximate surface area is 124 Å². The zero-order chi connectivity index (χ0) is 13.7. The zero-order valence-electron chi connectivity index (χ0n) is 10.4. The highest BCUT2D eigenvalue weighted by atomic mass is 35.5. The third kappa shape index (κ3) is 1.59. The second-order valence-electron chi connectivity index (χ2n) is 4.72. The summed E-state index contributed by atoms with van der Waals surface area (Å²) in [5.41, 5.74) is 0.582. The van der Waals surface area contributed by atoms with Crippen LogP contribution in [0.25, 0.3) is 30.9 Å². The predicted molar refractivity (Wildman–Crippen MR) is 87.0 cm³/mol. The Morgan fingerprint density at radius 3 is 2.25 bits per heavy atom. The lowest BCUT2D eigenvalue weighted by Crippen LogP contribution is -1.90. The van der Waals surface area contributed by atoms with E-state index in [4.69, 9.17) is 11.6 Å². The molecule has 4 aromatic rings. The summed E-state index contributed by atoms with van der Waals surface area (Å²) in [5.74, 6) is 0. The number of thiophene rings is 1. The first kappa shape index (κ1) is 11.9. The van der Waals surface area contributed by atoms with E-state index in [1.807, 2.05) is 36.4 Å². The Hall–Kier alpha value is -1.90. The minimum absolute atomic E-state index is 0.404. The summed E-state index contributed by atoms with van der Waals surface area (Å²) < 4.78 is 2.44. The van der Waals surface area contributed by atoms with Gasteiger partial charge in [-0.1, -0.05) is 42.5 Å². The highest BCUT2D eigenvalue weighted by Gasteiger charge is 2.14. The Balaban J connectivity index is 2.33. The standard InChI is InChI=1S/C17H9ClOS/c18-17(19)14-9-13-11-6-3-4-8-15(11)20-16(13)12-7-2-1-5-10(12)14/h1-9H. The average molecular weight is 297 g/mol. The summed E-state index contributed by atoms with van der Waals surface area (Å²) >= 11 is 7.52. The summed E-state index contributed by atoms with van der Waals surface area (Å²) in [5, 5.41) is 3.89. The molecule has 0 amide bonds. The van der Waals surface area contributed by atoms with Crippen molar-refractivity contribution in [2.45, 2.75) is 0 Å². The summed E-state index contributed by atoms with van der Waals surface area (Å²) in [6.45, 7) is 0. The summed E-state index contributed by atoms with van der Waals surface area (Å²) in [6.07, 6.45) is 0. The van der Waals surface area contributed by atoms with Crippen LogP contribution in [-0.4, -0.2) is 5.24 Å². The first-order chi connectivity index (χ1) is 9.75. The van der Waals surface area contributed by atoms with Crippen molar-refractivity contribution in [1.82, 2.24) is 0 Å². The highest BCUT2D eigenvalue weighted by Crippen LogP contribution is 2.39. The third-order valence-electron chi connectivity index (χ3n) is 3.60. The van der Waals surface area contributed by atoms with Crippen LogP contribution >= 0.6 is 22.9 Å². The van der Waals surface area contributed by atoms with E-state index in [1.165, 1.54) is 14.8 Å². The summed E-state index contributed by atoms with van der Waals surface area (Å²) in [4.78, 5) is 11.7. The number of fused-ring (bicyclic) bond motifs is 5. The summed E-state index contributed by atoms with van der Waals surface area (Å²) in [7, 11) is 0. The topological polar surface area (TPSA) is 17.1 Å². The van der Waals surface area contributed by atoms with Gasteiger partial charge in [0.1, 0.15) is 0 Å². The van der Waals surface area contributed by atoms with Gasteiger partial charge in [-0.15, -0.1) is 11.3 Å². The molecule has 0 radical (unpaired) electrons. The van der Waals surface area contributed by atoms with Gasteiger partial charge in [-0.05, 0) is 29.1 Å². The molecule has 0 aliphatic rings. The SMILES string of the molecule is O=C(Cl)c1cc2c3ccccc3sc2c2ccccc12. The minimum atomic E-state index is -0.404. The second kappa shape index (κ2) is 4.30. The van der Waals surface area contributed by atoms with Gasteiger partial charge in [-0.2, -0.15) is 0 Å². The predicted octanol–water partition coefficient (Wildman–Crippen LogP) is 5.59. The van der Waals surface area contributed by atoms with Crippen LogP contribution in [0.1, 0.15) is 10.4 Å². The van der Waals surface area contributed by atoms with E-state index < -0.39 is 5.24 Å². The van der Waals surface area contributed by atoms with Crippen LogP contribution < -0.4 is 0 Å². The van der Waals surface area contributed by atoms with Gasteiger partial charge in [0.15, 0.2) is 0 Å². The Morgan fingerprint density at radius 1 is 0.850 bits per heavy atom. The van der Waals surface area contributed by atoms with Crippen LogP contribution in [0.15, 0.2) is 54.6 Å². The zero-order valence-corrected chi connectivity index (χ0v) is 12.0. The second-order valence-corrected chi connectivity index (χ2v) is 6.11. The maximum atomic E-state index is 11.7. The molecule has 0 unspecified atom stereocenters. The smallest absolute Gasteiger partial charge is 0.253 e. The van der Waals surface area contributed by atoms with Gasteiger partial charge in [-0.25, -0.2) is 0 Å². The lowest BCUT2D eigenvalue weighted by molar-refractivity contribution is 0.108. The molecule has 0 saturated carbocycles. The van der Waals surface area contributed by atoms with Crippen molar-refractivity contribution in [3.63, 3.8) is 0 Å². The number of carbonyl (C=O) groups excluding carboxylic acids is 1. The molecule has 1 aromatic heterocycles. The molecule has 0 bridgehead atoms. The fourth-order valence-electron chi connectivity index (χ4n) is 2.71. The Morgan fingerprint density at radius 2 is 1.50 bits per heavy atom. The molecule has 1 heterocycles. The monoisotopic (exact) mass is 296 g/mol. The third-order valence-corrected chi connectivity index (χ3v) is 5.02. The van der Waals surface area contributed by atoms with E-state index in [9.17, 15) is 4.79 Å². The van der Waals surface area contributed by atoms with E-state index in [0.717, 1.165) is 16.2 Å². The molecule has 0 atom stereocenters. The highest BCUT2D eigenvalue weighted by molar-refractivity contribution is 7.26. The number of rotatable bonds is 1. The van der Waals surface area contributed by atoms with Crippen LogP contribution in [0.5, 0.6) is 0 Å². The maximum Gasteiger partial charge on any atom is 0.253 e. The molecule has 4 rings (SSSR count). The van der Waals surface area contributed by atoms with Crippen LogP contribution in [0, 0.1) is 0 Å². The molecule has 0 N–H and O–H groups in total. The van der Waals surface area contributed by atoms with Crippen molar-refractivity contribution in [3.05, 3.63) is 60.2 Å². The number of benzene rings is 3. The number of carbonyl (C=O) groups is 1. The molecular formula is C17H9ClOS. The van der Waals surface area contributed by atoms with Gasteiger partial charge >= 0.3 is 0 Å². The molecule has 0 saturated heterocycles. The molecule has 20 heavy (non-hydrogen) atoms. The largest absolute Gasteiger partial charge is 0.276 e. The lowest BCUT2D eigenvalue weighted by atomic mass is 10.0. The molecule has 0 aliphatic heterocycles. The van der Waals surface area contributed by atoms with Gasteiger partial charge in [0.05, 0.1) is 0 Å². The van der Waals surface area contributed by atoms with E-state index >= 15 is 0 Å². The van der Waals surface area contributed by atoms with Crippen molar-refractivity contribution < 1.29 is 4.79 Å². The van der Waals surface area contributed by atoms with Gasteiger partial charge in [0.2, 0.25) is 0 Å². The molecular weight excluding hydrogens is 288 g/mol. The number of hydrogen-bond donors (Lipinski definition) is 0. The van der Waals surface area contributed by atoms with Gasteiger partial charge in [0.25, 0.3) is 5.24 Å². The lowest BCUT2D eigenvalue weighted by Gasteiger charge is -2.04. The van der Waals surface area contributed by atoms with Gasteiger partial charge in [0, 0.05) is 31.1 Å². The molecule has 1 nitrogen and oxygen atoms in total. The quantitative estimate of drug-likeness (QED) is 0.419. The summed E-state index contributed by atoms with van der Waals surface area (Å²) in [6, 6.07) is 18.1. The molecule has 0 spiro atoms. The molecule has 3 aromatic carbocycles. The van der Waals surface area contributed by atoms with Crippen molar-refractivity contribution in [2.75, 3.05) is 0 Å². The average Bonchev–Trinajstić information content (AvgIpc) is 2.85. The fraction of sp³-hybridized carbons (Fsp3) is 0. The molecule has 0 fully saturated rings. The van der Waals surface area contributed by atoms with Crippen molar-refractivity contribution >= 4 is 59.1 Å². The van der Waals surface area contributed by atoms with Gasteiger partial charge < -0.3 is 0 Å². The first-order valence-electron chi connectivity index (χ1n) is 6.28. The van der Waals surface area contributed by atoms with E-state index in [0.29, 0.717) is 5.56 Å².